The standard InChI is InChI=1S/C24H17N3O2/c28-23(20-6-3-11-25-15-20)26-14-16-7-9-17(10-8-16)24-27-21-12-18-4-1-2-5-19(18)13-22(21)29-24/h1-13,15H,14H2,(H,26,28). The number of benzene rings is 3. The van der Waals surface area contributed by atoms with Gasteiger partial charge in [-0.1, -0.05) is 36.4 Å². The van der Waals surface area contributed by atoms with Gasteiger partial charge in [0.2, 0.25) is 5.89 Å². The van der Waals surface area contributed by atoms with E-state index >= 15 is 0 Å². The van der Waals surface area contributed by atoms with Crippen molar-refractivity contribution in [3.63, 3.8) is 0 Å². The van der Waals surface area contributed by atoms with Crippen LogP contribution in [0.3, 0.4) is 0 Å². The van der Waals surface area contributed by atoms with Gasteiger partial charge in [0.15, 0.2) is 5.58 Å². The average Bonchev–Trinajstić information content (AvgIpc) is 3.19. The van der Waals surface area contributed by atoms with Crippen molar-refractivity contribution in [2.45, 2.75) is 6.54 Å². The maximum Gasteiger partial charge on any atom is 0.253 e. The lowest BCUT2D eigenvalue weighted by molar-refractivity contribution is 0.0950. The molecule has 0 atom stereocenters. The zero-order valence-corrected chi connectivity index (χ0v) is 15.5. The van der Waals surface area contributed by atoms with E-state index in [1.807, 2.05) is 48.5 Å². The molecule has 140 valence electrons. The second-order valence-electron chi connectivity index (χ2n) is 6.81. The zero-order chi connectivity index (χ0) is 19.6. The Bertz CT molecular complexity index is 1260. The third-order valence-corrected chi connectivity index (χ3v) is 4.83. The second kappa shape index (κ2) is 7.20. The minimum atomic E-state index is -0.145. The van der Waals surface area contributed by atoms with Gasteiger partial charge in [0.1, 0.15) is 5.52 Å². The Morgan fingerprint density at radius 1 is 0.931 bits per heavy atom. The minimum Gasteiger partial charge on any atom is -0.436 e. The van der Waals surface area contributed by atoms with E-state index in [9.17, 15) is 4.79 Å². The summed E-state index contributed by atoms with van der Waals surface area (Å²) >= 11 is 0. The fraction of sp³-hybridized carbons (Fsp3) is 0.0417. The average molecular weight is 379 g/mol. The summed E-state index contributed by atoms with van der Waals surface area (Å²) in [6.45, 7) is 0.437. The summed E-state index contributed by atoms with van der Waals surface area (Å²) in [5.74, 6) is 0.439. The molecule has 2 aromatic heterocycles. The van der Waals surface area contributed by atoms with Crippen LogP contribution in [0.15, 0.2) is 89.6 Å². The first-order valence-corrected chi connectivity index (χ1v) is 9.33. The van der Waals surface area contributed by atoms with Crippen LogP contribution in [0, 0.1) is 0 Å². The Morgan fingerprint density at radius 2 is 1.72 bits per heavy atom. The highest BCUT2D eigenvalue weighted by atomic mass is 16.3. The van der Waals surface area contributed by atoms with Gasteiger partial charge in [-0.25, -0.2) is 4.98 Å². The molecular weight excluding hydrogens is 362 g/mol. The predicted octanol–water partition coefficient (Wildman–Crippen LogP) is 4.97. The lowest BCUT2D eigenvalue weighted by Gasteiger charge is -2.05. The third-order valence-electron chi connectivity index (χ3n) is 4.83. The molecule has 0 unspecified atom stereocenters. The molecule has 0 fully saturated rings. The smallest absolute Gasteiger partial charge is 0.253 e. The Hall–Kier alpha value is -3.99. The molecule has 0 saturated carbocycles. The number of nitrogens with zero attached hydrogens (tertiary/aromatic N) is 2. The first-order chi connectivity index (χ1) is 14.3. The molecule has 5 nitrogen and oxygen atoms in total. The number of pyridine rings is 1. The summed E-state index contributed by atoms with van der Waals surface area (Å²) in [7, 11) is 0. The molecule has 2 heterocycles. The molecule has 5 rings (SSSR count). The van der Waals surface area contributed by atoms with Gasteiger partial charge in [0, 0.05) is 24.5 Å². The molecule has 29 heavy (non-hydrogen) atoms. The number of carbonyl (C=O) groups is 1. The fourth-order valence-electron chi connectivity index (χ4n) is 3.28. The van der Waals surface area contributed by atoms with Crippen LogP contribution in [0.4, 0.5) is 0 Å². The molecule has 1 amide bonds. The Kier molecular flexibility index (Phi) is 4.26. The van der Waals surface area contributed by atoms with Gasteiger partial charge in [0.05, 0.1) is 5.56 Å². The number of rotatable bonds is 4. The number of hydrogen-bond donors (Lipinski definition) is 1. The van der Waals surface area contributed by atoms with Crippen molar-refractivity contribution in [3.8, 4) is 11.5 Å². The van der Waals surface area contributed by atoms with Crippen molar-refractivity contribution in [2.75, 3.05) is 0 Å². The second-order valence-corrected chi connectivity index (χ2v) is 6.81. The van der Waals surface area contributed by atoms with Gasteiger partial charge in [-0.3, -0.25) is 9.78 Å². The summed E-state index contributed by atoms with van der Waals surface area (Å²) in [6, 6.07) is 23.5. The van der Waals surface area contributed by atoms with Crippen LogP contribution in [0.2, 0.25) is 0 Å². The SMILES string of the molecule is O=C(NCc1ccc(-c2nc3cc4ccccc4cc3o2)cc1)c1cccnc1. The molecule has 0 saturated heterocycles. The highest BCUT2D eigenvalue weighted by molar-refractivity contribution is 5.95. The largest absolute Gasteiger partial charge is 0.436 e. The van der Waals surface area contributed by atoms with Crippen molar-refractivity contribution in [3.05, 3.63) is 96.3 Å². The highest BCUT2D eigenvalue weighted by Gasteiger charge is 2.10. The van der Waals surface area contributed by atoms with Gasteiger partial charge in [0.25, 0.3) is 5.91 Å². The predicted molar refractivity (Wildman–Crippen MR) is 112 cm³/mol. The van der Waals surface area contributed by atoms with Crippen molar-refractivity contribution < 1.29 is 9.21 Å². The summed E-state index contributed by atoms with van der Waals surface area (Å²) in [5.41, 5.74) is 4.04. The molecule has 0 radical (unpaired) electrons. The van der Waals surface area contributed by atoms with Gasteiger partial charge in [-0.15, -0.1) is 0 Å². The first-order valence-electron chi connectivity index (χ1n) is 9.33. The van der Waals surface area contributed by atoms with E-state index in [4.69, 9.17) is 4.42 Å². The summed E-state index contributed by atoms with van der Waals surface area (Å²) in [6.07, 6.45) is 3.19. The lowest BCUT2D eigenvalue weighted by Crippen LogP contribution is -2.22. The number of hydrogen-bond acceptors (Lipinski definition) is 4. The third kappa shape index (κ3) is 3.46. The topological polar surface area (TPSA) is 68.0 Å². The number of nitrogens with one attached hydrogen (secondary N) is 1. The first kappa shape index (κ1) is 17.1. The zero-order valence-electron chi connectivity index (χ0n) is 15.5. The van der Waals surface area contributed by atoms with E-state index in [1.165, 1.54) is 0 Å². The Balaban J connectivity index is 1.34. The van der Waals surface area contributed by atoms with E-state index in [0.29, 0.717) is 18.0 Å². The molecule has 0 aliphatic heterocycles. The molecular formula is C24H17N3O2. The molecule has 3 aromatic carbocycles. The fourth-order valence-corrected chi connectivity index (χ4v) is 3.28. The lowest BCUT2D eigenvalue weighted by atomic mass is 10.1. The van der Waals surface area contributed by atoms with Crippen molar-refractivity contribution in [2.24, 2.45) is 0 Å². The molecule has 0 aliphatic rings. The number of fused-ring (bicyclic) bond motifs is 2. The van der Waals surface area contributed by atoms with E-state index in [1.54, 1.807) is 24.5 Å². The van der Waals surface area contributed by atoms with Crippen LogP contribution >= 0.6 is 0 Å². The van der Waals surface area contributed by atoms with E-state index in [0.717, 1.165) is 33.0 Å². The number of oxazole rings is 1. The van der Waals surface area contributed by atoms with Gasteiger partial charge in [-0.05, 0) is 52.7 Å². The molecule has 5 aromatic rings. The van der Waals surface area contributed by atoms with E-state index in [2.05, 4.69) is 27.4 Å². The normalized spacial score (nSPS) is 11.0. The molecule has 0 spiro atoms. The molecule has 1 N–H and O–H groups in total. The number of aromatic nitrogens is 2. The maximum absolute atomic E-state index is 12.1. The van der Waals surface area contributed by atoms with E-state index < -0.39 is 0 Å². The summed E-state index contributed by atoms with van der Waals surface area (Å²) in [5, 5.41) is 5.16. The van der Waals surface area contributed by atoms with Crippen molar-refractivity contribution in [1.29, 1.82) is 0 Å². The molecule has 5 heteroatoms. The van der Waals surface area contributed by atoms with Crippen molar-refractivity contribution >= 4 is 27.8 Å². The van der Waals surface area contributed by atoms with Crippen LogP contribution in [0.1, 0.15) is 15.9 Å². The molecule has 0 aliphatic carbocycles. The van der Waals surface area contributed by atoms with Crippen molar-refractivity contribution in [1.82, 2.24) is 15.3 Å². The monoisotopic (exact) mass is 379 g/mol. The van der Waals surface area contributed by atoms with Crippen LogP contribution in [-0.2, 0) is 6.54 Å². The number of carbonyl (C=O) groups excluding carboxylic acids is 1. The van der Waals surface area contributed by atoms with Crippen LogP contribution < -0.4 is 5.32 Å². The van der Waals surface area contributed by atoms with Gasteiger partial charge in [-0.2, -0.15) is 0 Å². The van der Waals surface area contributed by atoms with Gasteiger partial charge >= 0.3 is 0 Å². The summed E-state index contributed by atoms with van der Waals surface area (Å²) in [4.78, 5) is 20.7. The molecule has 0 bridgehead atoms. The summed E-state index contributed by atoms with van der Waals surface area (Å²) < 4.78 is 5.97. The quantitative estimate of drug-likeness (QED) is 0.478. The number of amides is 1. The van der Waals surface area contributed by atoms with Crippen LogP contribution in [0.25, 0.3) is 33.3 Å². The van der Waals surface area contributed by atoms with Gasteiger partial charge < -0.3 is 9.73 Å². The Morgan fingerprint density at radius 3 is 2.48 bits per heavy atom. The van der Waals surface area contributed by atoms with Crippen LogP contribution in [-0.4, -0.2) is 15.9 Å². The maximum atomic E-state index is 12.1. The van der Waals surface area contributed by atoms with Crippen LogP contribution in [0.5, 0.6) is 0 Å². The van der Waals surface area contributed by atoms with E-state index in [-0.39, 0.29) is 5.91 Å². The minimum absolute atomic E-state index is 0.145. The Labute approximate surface area is 167 Å². The highest BCUT2D eigenvalue weighted by Crippen LogP contribution is 2.28.